The Bertz CT molecular complexity index is 1140. The first kappa shape index (κ1) is 18.7. The number of fused-ring (bicyclic) bond motifs is 3. The number of pyridine rings is 1. The van der Waals surface area contributed by atoms with E-state index in [1.807, 2.05) is 13.8 Å². The number of amides is 2. The van der Waals surface area contributed by atoms with Crippen LogP contribution in [0.15, 0.2) is 21.7 Å². The normalized spacial score (nSPS) is 20.4. The summed E-state index contributed by atoms with van der Waals surface area (Å²) >= 11 is 0. The first-order chi connectivity index (χ1) is 13.8. The molecule has 3 N–H and O–H groups in total. The van der Waals surface area contributed by atoms with Crippen molar-refractivity contribution in [3.8, 4) is 0 Å². The Hall–Kier alpha value is -2.26. The minimum absolute atomic E-state index is 0.101. The fraction of sp³-hybridized carbons (Fsp3) is 0.550. The lowest BCUT2D eigenvalue weighted by Crippen LogP contribution is -2.20. The van der Waals surface area contributed by atoms with Crippen LogP contribution in [-0.4, -0.2) is 25.0 Å². The molecule has 2 aromatic heterocycles. The highest BCUT2D eigenvalue weighted by atomic mass is 32.2. The summed E-state index contributed by atoms with van der Waals surface area (Å²) in [6.07, 6.45) is 8.95. The number of anilines is 1. The number of nitrogens with two attached hydrogens (primary N) is 1. The van der Waals surface area contributed by atoms with E-state index < -0.39 is 15.9 Å². The number of aromatic nitrogens is 3. The Labute approximate surface area is 170 Å². The molecular formula is C20H26N6O2S. The van der Waals surface area contributed by atoms with E-state index in [-0.39, 0.29) is 16.5 Å². The molecule has 5 rings (SSSR count). The van der Waals surface area contributed by atoms with Crippen molar-refractivity contribution in [2.75, 3.05) is 5.32 Å². The predicted molar refractivity (Wildman–Crippen MR) is 110 cm³/mol. The highest BCUT2D eigenvalue weighted by Crippen LogP contribution is 2.58. The predicted octanol–water partition coefficient (Wildman–Crippen LogP) is 3.26. The fourth-order valence-electron chi connectivity index (χ4n) is 4.64. The molecular weight excluding hydrogens is 388 g/mol. The van der Waals surface area contributed by atoms with Gasteiger partial charge in [-0.1, -0.05) is 0 Å². The van der Waals surface area contributed by atoms with Gasteiger partial charge < -0.3 is 5.32 Å². The van der Waals surface area contributed by atoms with Crippen molar-refractivity contribution in [2.45, 2.75) is 75.3 Å². The largest absolute Gasteiger partial charge is 0.354 e. The molecule has 1 atom stereocenters. The molecule has 0 aromatic carbocycles. The Morgan fingerprint density at radius 3 is 2.76 bits per heavy atom. The van der Waals surface area contributed by atoms with E-state index in [2.05, 4.69) is 14.8 Å². The van der Waals surface area contributed by atoms with Crippen LogP contribution in [0.2, 0.25) is 0 Å². The Kier molecular flexibility index (Phi) is 4.12. The van der Waals surface area contributed by atoms with Gasteiger partial charge in [0.25, 0.3) is 0 Å². The van der Waals surface area contributed by atoms with Gasteiger partial charge in [0.1, 0.15) is 0 Å². The minimum atomic E-state index is -3.42. The van der Waals surface area contributed by atoms with Gasteiger partial charge in [-0.05, 0) is 76.0 Å². The molecule has 0 aliphatic heterocycles. The van der Waals surface area contributed by atoms with Crippen LogP contribution >= 0.6 is 0 Å². The van der Waals surface area contributed by atoms with Gasteiger partial charge in [-0.2, -0.15) is 5.10 Å². The highest BCUT2D eigenvalue weighted by Gasteiger charge is 2.51. The molecule has 1 spiro atoms. The summed E-state index contributed by atoms with van der Waals surface area (Å²) < 4.78 is 18.3. The van der Waals surface area contributed by atoms with E-state index in [1.54, 1.807) is 16.9 Å². The number of hydrogen-bond acceptors (Lipinski definition) is 4. The van der Waals surface area contributed by atoms with Gasteiger partial charge in [0.05, 0.1) is 11.4 Å². The molecule has 2 aromatic rings. The van der Waals surface area contributed by atoms with E-state index in [0.29, 0.717) is 0 Å². The molecule has 8 nitrogen and oxygen atoms in total. The van der Waals surface area contributed by atoms with Crippen molar-refractivity contribution in [3.63, 3.8) is 0 Å². The van der Waals surface area contributed by atoms with Gasteiger partial charge in [0, 0.05) is 23.3 Å². The molecule has 3 aliphatic carbocycles. The third-order valence-electron chi connectivity index (χ3n) is 6.40. The van der Waals surface area contributed by atoms with Crippen LogP contribution in [0.25, 0.3) is 0 Å². The van der Waals surface area contributed by atoms with E-state index in [1.165, 1.54) is 12.8 Å². The lowest BCUT2D eigenvalue weighted by molar-refractivity contribution is 0.260. The van der Waals surface area contributed by atoms with Gasteiger partial charge in [0.15, 0.2) is 14.9 Å². The zero-order valence-electron chi connectivity index (χ0n) is 16.8. The van der Waals surface area contributed by atoms with Crippen molar-refractivity contribution in [2.24, 2.45) is 9.50 Å². The van der Waals surface area contributed by atoms with Crippen LogP contribution in [-0.2, 0) is 34.6 Å². The van der Waals surface area contributed by atoms with Crippen LogP contribution in [0.3, 0.4) is 0 Å². The van der Waals surface area contributed by atoms with E-state index in [4.69, 9.17) is 10.1 Å². The maximum atomic E-state index is 12.9. The van der Waals surface area contributed by atoms with Crippen molar-refractivity contribution >= 4 is 21.6 Å². The summed E-state index contributed by atoms with van der Waals surface area (Å²) in [5.74, 6) is 0. The number of aryl methyl sites for hydroxylation is 1. The first-order valence-electron chi connectivity index (χ1n) is 10.3. The molecule has 29 heavy (non-hydrogen) atoms. The molecule has 2 heterocycles. The molecule has 3 aliphatic rings. The number of rotatable bonds is 3. The third kappa shape index (κ3) is 3.07. The summed E-state index contributed by atoms with van der Waals surface area (Å²) in [7, 11) is -3.42. The molecule has 9 heteroatoms. The Morgan fingerprint density at radius 1 is 1.28 bits per heavy atom. The van der Waals surface area contributed by atoms with Crippen molar-refractivity contribution in [1.82, 2.24) is 14.8 Å². The average molecular weight is 415 g/mol. The number of hydrogen-bond donors (Lipinski definition) is 2. The van der Waals surface area contributed by atoms with Gasteiger partial charge in [-0.3, -0.25) is 9.67 Å². The first-order valence-corrected chi connectivity index (χ1v) is 11.8. The topological polar surface area (TPSA) is 115 Å². The molecule has 0 saturated heterocycles. The number of nitrogens with zero attached hydrogens (tertiary/aromatic N) is 4. The van der Waals surface area contributed by atoms with Crippen LogP contribution < -0.4 is 10.5 Å². The molecule has 2 amide bonds. The van der Waals surface area contributed by atoms with Gasteiger partial charge >= 0.3 is 6.03 Å². The summed E-state index contributed by atoms with van der Waals surface area (Å²) in [6.45, 7) is 3.91. The quantitative estimate of drug-likeness (QED) is 0.802. The smallest absolute Gasteiger partial charge is 0.305 e. The number of carbonyl (C=O) groups excluding carboxylic acids is 1. The maximum Gasteiger partial charge on any atom is 0.354 e. The van der Waals surface area contributed by atoms with Crippen LogP contribution in [0, 0.1) is 0 Å². The Morgan fingerprint density at radius 2 is 2.07 bits per heavy atom. The minimum Gasteiger partial charge on any atom is -0.305 e. The van der Waals surface area contributed by atoms with Crippen LogP contribution in [0.1, 0.15) is 68.1 Å². The van der Waals surface area contributed by atoms with E-state index in [9.17, 15) is 9.00 Å². The zero-order valence-corrected chi connectivity index (χ0v) is 17.6. The average Bonchev–Trinajstić information content (AvgIpc) is 3.05. The lowest BCUT2D eigenvalue weighted by atomic mass is 10.0. The van der Waals surface area contributed by atoms with Crippen molar-refractivity contribution in [1.29, 1.82) is 0 Å². The molecule has 1 saturated carbocycles. The molecule has 0 radical (unpaired) electrons. The highest BCUT2D eigenvalue weighted by molar-refractivity contribution is 7.91. The molecule has 0 bridgehead atoms. The fourth-order valence-corrected chi connectivity index (χ4v) is 5.49. The number of nitrogens with one attached hydrogen (secondary N) is 1. The zero-order chi connectivity index (χ0) is 20.4. The van der Waals surface area contributed by atoms with Gasteiger partial charge in [-0.15, -0.1) is 4.36 Å². The summed E-state index contributed by atoms with van der Waals surface area (Å²) in [5.41, 5.74) is 5.57. The second-order valence-electron chi connectivity index (χ2n) is 8.69. The lowest BCUT2D eigenvalue weighted by Gasteiger charge is -2.16. The van der Waals surface area contributed by atoms with Crippen LogP contribution in [0.4, 0.5) is 10.5 Å². The number of carbonyl (C=O) groups is 1. The van der Waals surface area contributed by atoms with Gasteiger partial charge in [-0.25, -0.2) is 14.1 Å². The second kappa shape index (κ2) is 6.37. The molecule has 1 fully saturated rings. The second-order valence-corrected chi connectivity index (χ2v) is 10.4. The van der Waals surface area contributed by atoms with Crippen molar-refractivity contribution < 1.29 is 9.00 Å². The van der Waals surface area contributed by atoms with E-state index >= 15 is 0 Å². The maximum absolute atomic E-state index is 12.9. The summed E-state index contributed by atoms with van der Waals surface area (Å²) in [6, 6.07) is 0.970. The Balaban J connectivity index is 1.48. The monoisotopic (exact) mass is 414 g/mol. The van der Waals surface area contributed by atoms with E-state index in [0.717, 1.165) is 60.3 Å². The molecule has 154 valence electrons. The van der Waals surface area contributed by atoms with Crippen molar-refractivity contribution in [3.05, 3.63) is 34.8 Å². The SMILES string of the molecule is CC(C)n1ccc([S@](N)(=O)=NC(=O)Nc2c3c(nc4c2CCC42CC2)CCC3)n1. The summed E-state index contributed by atoms with van der Waals surface area (Å²) in [4.78, 5) is 17.7. The number of urea groups is 1. The van der Waals surface area contributed by atoms with Crippen LogP contribution in [0.5, 0.6) is 0 Å². The summed E-state index contributed by atoms with van der Waals surface area (Å²) in [5, 5.41) is 13.2. The third-order valence-corrected chi connectivity index (χ3v) is 7.65. The standard InChI is InChI=1S/C20H26N6O2S/c1-12(2)26-11-7-16(24-26)29(21,28)25-19(27)23-17-13-4-3-5-15(13)22-18-14(17)6-8-20(18)9-10-20/h7,11-12H,3-6,8-10H2,1-2H3,(H3,21,22,23,25,27,28)/t29-/m1/s1. The van der Waals surface area contributed by atoms with Gasteiger partial charge in [0.2, 0.25) is 0 Å². The molecule has 0 unspecified atom stereocenters.